The maximum Gasteiger partial charge on any atom is 0.410 e. The molecular formula is C23H30FNO4. The normalized spacial score (nSPS) is 11.2. The summed E-state index contributed by atoms with van der Waals surface area (Å²) in [6.07, 6.45) is 0.889. The molecule has 0 unspecified atom stereocenters. The number of halogens is 1. The first-order chi connectivity index (χ1) is 13.8. The van der Waals surface area contributed by atoms with E-state index in [-0.39, 0.29) is 12.4 Å². The molecule has 0 radical (unpaired) electrons. The molecule has 0 saturated heterocycles. The number of nitrogens with zero attached hydrogens (tertiary/aromatic N) is 1. The Labute approximate surface area is 172 Å². The second-order valence-corrected chi connectivity index (χ2v) is 7.86. The second-order valence-electron chi connectivity index (χ2n) is 7.86. The zero-order chi connectivity index (χ0) is 21.3. The number of aliphatic hydroxyl groups is 1. The van der Waals surface area contributed by atoms with E-state index in [9.17, 15) is 9.18 Å². The van der Waals surface area contributed by atoms with Gasteiger partial charge in [0, 0.05) is 18.7 Å². The first-order valence-corrected chi connectivity index (χ1v) is 9.82. The van der Waals surface area contributed by atoms with Gasteiger partial charge in [-0.25, -0.2) is 9.18 Å². The fraction of sp³-hybridized carbons (Fsp3) is 0.435. The highest BCUT2D eigenvalue weighted by Crippen LogP contribution is 2.23. The Hall–Kier alpha value is -2.60. The number of benzene rings is 2. The Morgan fingerprint density at radius 2 is 1.76 bits per heavy atom. The average Bonchev–Trinajstić information content (AvgIpc) is 2.66. The van der Waals surface area contributed by atoms with Crippen molar-refractivity contribution < 1.29 is 23.8 Å². The van der Waals surface area contributed by atoms with Crippen LogP contribution in [0.5, 0.6) is 5.75 Å². The third-order valence-corrected chi connectivity index (χ3v) is 4.13. The minimum Gasteiger partial charge on any atom is -0.489 e. The first-order valence-electron chi connectivity index (χ1n) is 9.82. The zero-order valence-electron chi connectivity index (χ0n) is 17.4. The van der Waals surface area contributed by atoms with Gasteiger partial charge in [-0.1, -0.05) is 30.3 Å². The summed E-state index contributed by atoms with van der Waals surface area (Å²) in [7, 11) is 0. The summed E-state index contributed by atoms with van der Waals surface area (Å²) in [5, 5.41) is 9.06. The van der Waals surface area contributed by atoms with Crippen LogP contribution in [0.4, 0.5) is 9.18 Å². The van der Waals surface area contributed by atoms with Crippen LogP contribution in [-0.4, -0.2) is 34.9 Å². The quantitative estimate of drug-likeness (QED) is 0.604. The van der Waals surface area contributed by atoms with E-state index < -0.39 is 11.7 Å². The molecule has 6 heteroatoms. The van der Waals surface area contributed by atoms with Crippen molar-refractivity contribution in [2.24, 2.45) is 0 Å². The Morgan fingerprint density at radius 3 is 2.41 bits per heavy atom. The number of hydrogen-bond donors (Lipinski definition) is 1. The van der Waals surface area contributed by atoms with Gasteiger partial charge in [0.1, 0.15) is 23.8 Å². The van der Waals surface area contributed by atoms with E-state index in [1.807, 2.05) is 45.0 Å². The number of carbonyl (C=O) groups is 1. The predicted molar refractivity (Wildman–Crippen MR) is 110 cm³/mol. The molecular weight excluding hydrogens is 373 g/mol. The highest BCUT2D eigenvalue weighted by molar-refractivity contribution is 5.68. The second kappa shape index (κ2) is 10.8. The zero-order valence-corrected chi connectivity index (χ0v) is 17.4. The van der Waals surface area contributed by atoms with Crippen molar-refractivity contribution in [3.05, 3.63) is 65.5 Å². The number of amides is 1. The Kier molecular flexibility index (Phi) is 8.46. The van der Waals surface area contributed by atoms with E-state index in [4.69, 9.17) is 14.6 Å². The standard InChI is InChI=1S/C23H30FNO4/c1-23(2,3)29-22(27)25(14-6-7-15-26)16-19-8-4-5-9-21(19)28-17-18-10-12-20(24)13-11-18/h4-5,8-13,26H,6-7,14-17H2,1-3H3. The lowest BCUT2D eigenvalue weighted by Crippen LogP contribution is -2.37. The van der Waals surface area contributed by atoms with Crippen LogP contribution in [0.3, 0.4) is 0 Å². The lowest BCUT2D eigenvalue weighted by molar-refractivity contribution is 0.0226. The third-order valence-electron chi connectivity index (χ3n) is 4.13. The molecule has 2 rings (SSSR count). The molecule has 1 amide bonds. The van der Waals surface area contributed by atoms with Crippen LogP contribution in [0.25, 0.3) is 0 Å². The lowest BCUT2D eigenvalue weighted by Gasteiger charge is -2.28. The van der Waals surface area contributed by atoms with Crippen molar-refractivity contribution in [3.8, 4) is 5.75 Å². The first kappa shape index (κ1) is 22.7. The highest BCUT2D eigenvalue weighted by Gasteiger charge is 2.23. The molecule has 0 aliphatic heterocycles. The molecule has 0 aliphatic carbocycles. The van der Waals surface area contributed by atoms with E-state index in [0.29, 0.717) is 38.3 Å². The molecule has 29 heavy (non-hydrogen) atoms. The van der Waals surface area contributed by atoms with Gasteiger partial charge in [0.2, 0.25) is 0 Å². The summed E-state index contributed by atoms with van der Waals surface area (Å²) >= 11 is 0. The topological polar surface area (TPSA) is 59.0 Å². The molecule has 0 fully saturated rings. The molecule has 0 aliphatic rings. The van der Waals surface area contributed by atoms with Gasteiger partial charge in [-0.2, -0.15) is 0 Å². The molecule has 0 heterocycles. The summed E-state index contributed by atoms with van der Waals surface area (Å²) < 4.78 is 24.5. The molecule has 0 spiro atoms. The predicted octanol–water partition coefficient (Wildman–Crippen LogP) is 4.91. The van der Waals surface area contributed by atoms with Crippen LogP contribution in [-0.2, 0) is 17.9 Å². The smallest absolute Gasteiger partial charge is 0.410 e. The van der Waals surface area contributed by atoms with Crippen molar-refractivity contribution >= 4 is 6.09 Å². The van der Waals surface area contributed by atoms with Gasteiger partial charge in [0.05, 0.1) is 6.54 Å². The van der Waals surface area contributed by atoms with Crippen molar-refractivity contribution in [2.45, 2.75) is 52.4 Å². The summed E-state index contributed by atoms with van der Waals surface area (Å²) in [5.41, 5.74) is 1.11. The van der Waals surface area contributed by atoms with E-state index in [0.717, 1.165) is 11.1 Å². The van der Waals surface area contributed by atoms with Gasteiger partial charge >= 0.3 is 6.09 Å². The fourth-order valence-electron chi connectivity index (χ4n) is 2.70. The van der Waals surface area contributed by atoms with E-state index in [1.54, 1.807) is 17.0 Å². The van der Waals surface area contributed by atoms with Gasteiger partial charge < -0.3 is 19.5 Å². The van der Waals surface area contributed by atoms with E-state index >= 15 is 0 Å². The molecule has 158 valence electrons. The SMILES string of the molecule is CC(C)(C)OC(=O)N(CCCCO)Cc1ccccc1OCc1ccc(F)cc1. The number of rotatable bonds is 9. The number of unbranched alkanes of at least 4 members (excludes halogenated alkanes) is 1. The molecule has 0 aromatic heterocycles. The highest BCUT2D eigenvalue weighted by atomic mass is 19.1. The molecule has 2 aromatic carbocycles. The van der Waals surface area contributed by atoms with Crippen LogP contribution >= 0.6 is 0 Å². The van der Waals surface area contributed by atoms with Gasteiger partial charge in [-0.15, -0.1) is 0 Å². The van der Waals surface area contributed by atoms with Crippen molar-refractivity contribution in [2.75, 3.05) is 13.2 Å². The molecule has 0 bridgehead atoms. The molecule has 1 N–H and O–H groups in total. The number of aliphatic hydroxyl groups excluding tert-OH is 1. The number of hydrogen-bond acceptors (Lipinski definition) is 4. The van der Waals surface area contributed by atoms with Gasteiger partial charge in [0.15, 0.2) is 0 Å². The maximum absolute atomic E-state index is 13.1. The Balaban J connectivity index is 2.10. The van der Waals surface area contributed by atoms with Crippen molar-refractivity contribution in [1.82, 2.24) is 4.90 Å². The summed E-state index contributed by atoms with van der Waals surface area (Å²) in [6, 6.07) is 13.7. The van der Waals surface area contributed by atoms with E-state index in [2.05, 4.69) is 0 Å². The summed E-state index contributed by atoms with van der Waals surface area (Å²) in [4.78, 5) is 14.3. The molecule has 5 nitrogen and oxygen atoms in total. The molecule has 2 aromatic rings. The van der Waals surface area contributed by atoms with Gasteiger partial charge in [-0.3, -0.25) is 0 Å². The lowest BCUT2D eigenvalue weighted by atomic mass is 10.1. The van der Waals surface area contributed by atoms with Crippen LogP contribution in [0.15, 0.2) is 48.5 Å². The minimum absolute atomic E-state index is 0.0829. The van der Waals surface area contributed by atoms with Crippen LogP contribution in [0.1, 0.15) is 44.7 Å². The number of para-hydroxylation sites is 1. The fourth-order valence-corrected chi connectivity index (χ4v) is 2.70. The van der Waals surface area contributed by atoms with Crippen LogP contribution < -0.4 is 4.74 Å². The molecule has 0 atom stereocenters. The third kappa shape index (κ3) is 8.11. The Morgan fingerprint density at radius 1 is 1.07 bits per heavy atom. The summed E-state index contributed by atoms with van der Waals surface area (Å²) in [6.45, 7) is 6.68. The Bertz CT molecular complexity index is 771. The maximum atomic E-state index is 13.1. The van der Waals surface area contributed by atoms with Crippen LogP contribution in [0.2, 0.25) is 0 Å². The average molecular weight is 403 g/mol. The monoisotopic (exact) mass is 403 g/mol. The largest absolute Gasteiger partial charge is 0.489 e. The molecule has 0 saturated carbocycles. The van der Waals surface area contributed by atoms with E-state index in [1.165, 1.54) is 12.1 Å². The number of carbonyl (C=O) groups excluding carboxylic acids is 1. The van der Waals surface area contributed by atoms with Gasteiger partial charge in [0.25, 0.3) is 0 Å². The minimum atomic E-state index is -0.592. The van der Waals surface area contributed by atoms with Crippen molar-refractivity contribution in [1.29, 1.82) is 0 Å². The van der Waals surface area contributed by atoms with Crippen molar-refractivity contribution in [3.63, 3.8) is 0 Å². The van der Waals surface area contributed by atoms with Crippen LogP contribution in [0, 0.1) is 5.82 Å². The summed E-state index contributed by atoms with van der Waals surface area (Å²) in [5.74, 6) is 0.373. The van der Waals surface area contributed by atoms with Gasteiger partial charge in [-0.05, 0) is 57.4 Å². The number of ether oxygens (including phenoxy) is 2.